The topological polar surface area (TPSA) is 58.4 Å². The molecule has 0 fully saturated rings. The molecular weight excluding hydrogens is 202 g/mol. The van der Waals surface area contributed by atoms with Crippen molar-refractivity contribution < 1.29 is 4.79 Å². The summed E-state index contributed by atoms with van der Waals surface area (Å²) in [6.45, 7) is 7.22. The molecule has 0 heterocycles. The van der Waals surface area contributed by atoms with E-state index in [4.69, 9.17) is 5.73 Å². The van der Waals surface area contributed by atoms with E-state index in [2.05, 4.69) is 17.1 Å². The first-order valence-electron chi connectivity index (χ1n) is 6.08. The highest BCUT2D eigenvalue weighted by Gasteiger charge is 2.33. The van der Waals surface area contributed by atoms with Crippen molar-refractivity contribution in [2.75, 3.05) is 27.2 Å². The number of hydrogen-bond donors (Lipinski definition) is 2. The smallest absolute Gasteiger partial charge is 0.227 e. The van der Waals surface area contributed by atoms with Crippen LogP contribution in [0.3, 0.4) is 0 Å². The number of nitrogens with one attached hydrogen (secondary N) is 1. The van der Waals surface area contributed by atoms with Gasteiger partial charge in [-0.1, -0.05) is 13.8 Å². The van der Waals surface area contributed by atoms with Gasteiger partial charge in [0.05, 0.1) is 5.41 Å². The van der Waals surface area contributed by atoms with Gasteiger partial charge in [0.1, 0.15) is 0 Å². The number of carbonyl (C=O) groups excluding carboxylic acids is 1. The van der Waals surface area contributed by atoms with Crippen LogP contribution in [0.4, 0.5) is 0 Å². The van der Waals surface area contributed by atoms with Crippen LogP contribution in [0.25, 0.3) is 0 Å². The van der Waals surface area contributed by atoms with Gasteiger partial charge in [-0.3, -0.25) is 4.79 Å². The number of nitrogens with two attached hydrogens (primary N) is 1. The molecule has 16 heavy (non-hydrogen) atoms. The van der Waals surface area contributed by atoms with Crippen molar-refractivity contribution in [3.05, 3.63) is 0 Å². The normalized spacial score (nSPS) is 13.9. The van der Waals surface area contributed by atoms with Crippen molar-refractivity contribution in [3.8, 4) is 0 Å². The predicted molar refractivity (Wildman–Crippen MR) is 68.2 cm³/mol. The molecule has 0 rings (SSSR count). The summed E-state index contributed by atoms with van der Waals surface area (Å²) in [6.07, 6.45) is 1.59. The van der Waals surface area contributed by atoms with Gasteiger partial charge in [-0.05, 0) is 33.9 Å². The second kappa shape index (κ2) is 6.86. The van der Waals surface area contributed by atoms with Crippen LogP contribution in [0, 0.1) is 5.41 Å². The molecule has 1 atom stereocenters. The highest BCUT2D eigenvalue weighted by molar-refractivity contribution is 5.82. The lowest BCUT2D eigenvalue weighted by atomic mass is 9.81. The quantitative estimate of drug-likeness (QED) is 0.679. The van der Waals surface area contributed by atoms with E-state index < -0.39 is 0 Å². The Morgan fingerprint density at radius 2 is 1.88 bits per heavy atom. The maximum atomic E-state index is 12.1. The molecule has 4 nitrogen and oxygen atoms in total. The third kappa shape index (κ3) is 3.76. The van der Waals surface area contributed by atoms with E-state index in [1.54, 1.807) is 0 Å². The third-order valence-electron chi connectivity index (χ3n) is 3.67. The van der Waals surface area contributed by atoms with Gasteiger partial charge in [0.2, 0.25) is 5.91 Å². The Bertz CT molecular complexity index is 204. The van der Waals surface area contributed by atoms with Gasteiger partial charge in [0, 0.05) is 19.1 Å². The van der Waals surface area contributed by atoms with E-state index in [1.165, 1.54) is 0 Å². The first-order valence-corrected chi connectivity index (χ1v) is 6.08. The van der Waals surface area contributed by atoms with Crippen LogP contribution in [0.5, 0.6) is 0 Å². The second-order valence-electron chi connectivity index (χ2n) is 4.71. The molecule has 96 valence electrons. The SMILES string of the molecule is CCC(CC)(CN)C(=O)NCC(C)N(C)C. The molecule has 1 unspecified atom stereocenters. The fourth-order valence-corrected chi connectivity index (χ4v) is 1.56. The molecule has 0 radical (unpaired) electrons. The Balaban J connectivity index is 4.33. The maximum Gasteiger partial charge on any atom is 0.227 e. The van der Waals surface area contributed by atoms with Gasteiger partial charge in [-0.15, -0.1) is 0 Å². The van der Waals surface area contributed by atoms with Crippen LogP contribution in [-0.4, -0.2) is 44.0 Å². The summed E-state index contributed by atoms with van der Waals surface area (Å²) < 4.78 is 0. The molecule has 0 aromatic carbocycles. The van der Waals surface area contributed by atoms with Gasteiger partial charge in [0.25, 0.3) is 0 Å². The molecule has 3 N–H and O–H groups in total. The standard InChI is InChI=1S/C12H27N3O/c1-6-12(7-2,9-13)11(16)14-8-10(3)15(4)5/h10H,6-9,13H2,1-5H3,(H,14,16). The average Bonchev–Trinajstić information content (AvgIpc) is 2.28. The van der Waals surface area contributed by atoms with Gasteiger partial charge in [-0.2, -0.15) is 0 Å². The van der Waals surface area contributed by atoms with Crippen LogP contribution >= 0.6 is 0 Å². The number of carbonyl (C=O) groups is 1. The minimum atomic E-state index is -0.383. The molecule has 4 heteroatoms. The highest BCUT2D eigenvalue weighted by Crippen LogP contribution is 2.24. The number of likely N-dealkylation sites (N-methyl/N-ethyl adjacent to an activating group) is 1. The summed E-state index contributed by atoms with van der Waals surface area (Å²) >= 11 is 0. The second-order valence-corrected chi connectivity index (χ2v) is 4.71. The zero-order valence-corrected chi connectivity index (χ0v) is 11.3. The van der Waals surface area contributed by atoms with Crippen LogP contribution in [0.1, 0.15) is 33.6 Å². The monoisotopic (exact) mass is 229 g/mol. The lowest BCUT2D eigenvalue weighted by molar-refractivity contribution is -0.131. The molecular formula is C12H27N3O. The van der Waals surface area contributed by atoms with Crippen LogP contribution in [0.15, 0.2) is 0 Å². The number of hydrogen-bond acceptors (Lipinski definition) is 3. The highest BCUT2D eigenvalue weighted by atomic mass is 16.2. The molecule has 0 aromatic rings. The Kier molecular flexibility index (Phi) is 6.60. The summed E-state index contributed by atoms with van der Waals surface area (Å²) in [5.41, 5.74) is 5.34. The third-order valence-corrected chi connectivity index (χ3v) is 3.67. The maximum absolute atomic E-state index is 12.1. The van der Waals surface area contributed by atoms with Crippen molar-refractivity contribution >= 4 is 5.91 Å². The molecule has 0 aromatic heterocycles. The van der Waals surface area contributed by atoms with Crippen LogP contribution in [0.2, 0.25) is 0 Å². The van der Waals surface area contributed by atoms with Crippen molar-refractivity contribution in [3.63, 3.8) is 0 Å². The van der Waals surface area contributed by atoms with Crippen molar-refractivity contribution in [2.45, 2.75) is 39.7 Å². The molecule has 0 saturated heterocycles. The summed E-state index contributed by atoms with van der Waals surface area (Å²) in [4.78, 5) is 14.2. The molecule has 0 aliphatic carbocycles. The van der Waals surface area contributed by atoms with Gasteiger partial charge < -0.3 is 16.0 Å². The first-order chi connectivity index (χ1) is 7.43. The summed E-state index contributed by atoms with van der Waals surface area (Å²) in [5, 5.41) is 3.00. The van der Waals surface area contributed by atoms with E-state index in [0.29, 0.717) is 19.1 Å². The molecule has 0 saturated carbocycles. The fraction of sp³-hybridized carbons (Fsp3) is 0.917. The minimum Gasteiger partial charge on any atom is -0.354 e. The molecule has 1 amide bonds. The number of nitrogens with zero attached hydrogens (tertiary/aromatic N) is 1. The minimum absolute atomic E-state index is 0.0914. The predicted octanol–water partition coefficient (Wildman–Crippen LogP) is 0.818. The van der Waals surface area contributed by atoms with Crippen molar-refractivity contribution in [2.24, 2.45) is 11.1 Å². The van der Waals surface area contributed by atoms with Crippen molar-refractivity contribution in [1.82, 2.24) is 10.2 Å². The summed E-state index contributed by atoms with van der Waals surface area (Å²) in [5.74, 6) is 0.0914. The van der Waals surface area contributed by atoms with E-state index in [9.17, 15) is 4.79 Å². The van der Waals surface area contributed by atoms with Gasteiger partial charge in [-0.25, -0.2) is 0 Å². The summed E-state index contributed by atoms with van der Waals surface area (Å²) in [7, 11) is 4.01. The van der Waals surface area contributed by atoms with E-state index in [-0.39, 0.29) is 11.3 Å². The lowest BCUT2D eigenvalue weighted by Gasteiger charge is -2.30. The average molecular weight is 229 g/mol. The summed E-state index contributed by atoms with van der Waals surface area (Å²) in [6, 6.07) is 0.341. The molecule has 0 aliphatic heterocycles. The number of amides is 1. The van der Waals surface area contributed by atoms with Crippen LogP contribution < -0.4 is 11.1 Å². The van der Waals surface area contributed by atoms with Gasteiger partial charge >= 0.3 is 0 Å². The number of rotatable bonds is 7. The molecule has 0 bridgehead atoms. The molecule has 0 spiro atoms. The first kappa shape index (κ1) is 15.4. The molecule has 0 aliphatic rings. The Hall–Kier alpha value is -0.610. The van der Waals surface area contributed by atoms with Crippen molar-refractivity contribution in [1.29, 1.82) is 0 Å². The fourth-order valence-electron chi connectivity index (χ4n) is 1.56. The largest absolute Gasteiger partial charge is 0.354 e. The van der Waals surface area contributed by atoms with Gasteiger partial charge in [0.15, 0.2) is 0 Å². The zero-order valence-electron chi connectivity index (χ0n) is 11.3. The van der Waals surface area contributed by atoms with E-state index >= 15 is 0 Å². The Morgan fingerprint density at radius 3 is 2.19 bits per heavy atom. The Morgan fingerprint density at radius 1 is 1.38 bits per heavy atom. The lowest BCUT2D eigenvalue weighted by Crippen LogP contribution is -2.48. The van der Waals surface area contributed by atoms with E-state index in [1.807, 2.05) is 27.9 Å². The van der Waals surface area contributed by atoms with E-state index in [0.717, 1.165) is 12.8 Å². The zero-order chi connectivity index (χ0) is 12.8. The van der Waals surface area contributed by atoms with Crippen LogP contribution in [-0.2, 0) is 4.79 Å². The Labute approximate surface area is 99.6 Å².